The molecule has 5 nitrogen and oxygen atoms in total. The lowest BCUT2D eigenvalue weighted by molar-refractivity contribution is -0.142. The van der Waals surface area contributed by atoms with E-state index in [1.807, 2.05) is 6.92 Å². The van der Waals surface area contributed by atoms with Gasteiger partial charge < -0.3 is 20.5 Å². The summed E-state index contributed by atoms with van der Waals surface area (Å²) in [7, 11) is 3.10. The molecule has 15 heavy (non-hydrogen) atoms. The van der Waals surface area contributed by atoms with E-state index in [9.17, 15) is 4.79 Å². The van der Waals surface area contributed by atoms with Crippen molar-refractivity contribution in [2.45, 2.75) is 31.9 Å². The Labute approximate surface area is 91.3 Å². The summed E-state index contributed by atoms with van der Waals surface area (Å²) in [4.78, 5) is 11.8. The normalized spacial score (nSPS) is 16.9. The van der Waals surface area contributed by atoms with Crippen LogP contribution >= 0.6 is 0 Å². The van der Waals surface area contributed by atoms with Gasteiger partial charge in [0.25, 0.3) is 5.91 Å². The van der Waals surface area contributed by atoms with Crippen molar-refractivity contribution >= 4 is 5.91 Å². The molecule has 3 N–H and O–H groups in total. The average molecular weight is 218 g/mol. The summed E-state index contributed by atoms with van der Waals surface area (Å²) >= 11 is 0. The molecule has 0 aromatic heterocycles. The largest absolute Gasteiger partial charge is 0.383 e. The number of carbonyl (C=O) groups excluding carboxylic acids is 1. The first-order valence-corrected chi connectivity index (χ1v) is 5.09. The highest BCUT2D eigenvalue weighted by molar-refractivity contribution is 5.84. The summed E-state index contributed by atoms with van der Waals surface area (Å²) in [5, 5.41) is 2.80. The van der Waals surface area contributed by atoms with Gasteiger partial charge in [-0.25, -0.2) is 0 Å². The highest BCUT2D eigenvalue weighted by Gasteiger charge is 2.31. The number of rotatable bonds is 7. The zero-order valence-electron chi connectivity index (χ0n) is 10.0. The molecule has 0 aliphatic rings. The molecule has 0 bridgehead atoms. The molecule has 2 unspecified atom stereocenters. The van der Waals surface area contributed by atoms with E-state index in [4.69, 9.17) is 15.2 Å². The van der Waals surface area contributed by atoms with E-state index >= 15 is 0 Å². The Hall–Kier alpha value is -0.650. The van der Waals surface area contributed by atoms with Gasteiger partial charge in [0.2, 0.25) is 0 Å². The number of carbonyl (C=O) groups is 1. The summed E-state index contributed by atoms with van der Waals surface area (Å²) < 4.78 is 10.1. The number of nitrogens with two attached hydrogens (primary N) is 1. The van der Waals surface area contributed by atoms with Gasteiger partial charge in [-0.15, -0.1) is 0 Å². The Bertz CT molecular complexity index is 193. The summed E-state index contributed by atoms with van der Waals surface area (Å²) in [6.07, 6.45) is 0.611. The molecular weight excluding hydrogens is 196 g/mol. The topological polar surface area (TPSA) is 73.6 Å². The van der Waals surface area contributed by atoms with Crippen LogP contribution in [-0.4, -0.2) is 44.9 Å². The van der Waals surface area contributed by atoms with Gasteiger partial charge in [0.05, 0.1) is 12.6 Å². The summed E-state index contributed by atoms with van der Waals surface area (Å²) in [5.41, 5.74) is 4.71. The Kier molecular flexibility index (Phi) is 6.47. The minimum atomic E-state index is -0.791. The van der Waals surface area contributed by atoms with Crippen LogP contribution in [-0.2, 0) is 14.3 Å². The Morgan fingerprint density at radius 3 is 2.47 bits per heavy atom. The van der Waals surface area contributed by atoms with Crippen molar-refractivity contribution in [3.05, 3.63) is 0 Å². The first-order valence-electron chi connectivity index (χ1n) is 5.09. The first kappa shape index (κ1) is 14.3. The standard InChI is InChI=1S/C10H22N2O3/c1-5-10(2,15-4)9(13)12-8(6-11)7-14-3/h8H,5-7,11H2,1-4H3,(H,12,13). The van der Waals surface area contributed by atoms with Crippen molar-refractivity contribution in [2.75, 3.05) is 27.4 Å². The quantitative estimate of drug-likeness (QED) is 0.625. The highest BCUT2D eigenvalue weighted by Crippen LogP contribution is 2.13. The molecule has 0 heterocycles. The van der Waals surface area contributed by atoms with Crippen molar-refractivity contribution in [1.29, 1.82) is 0 Å². The van der Waals surface area contributed by atoms with Crippen molar-refractivity contribution in [1.82, 2.24) is 5.32 Å². The van der Waals surface area contributed by atoms with Crippen LogP contribution in [0.15, 0.2) is 0 Å². The summed E-state index contributed by atoms with van der Waals surface area (Å²) in [6, 6.07) is -0.163. The smallest absolute Gasteiger partial charge is 0.252 e. The maximum atomic E-state index is 11.8. The molecular formula is C10H22N2O3. The van der Waals surface area contributed by atoms with Crippen LogP contribution < -0.4 is 11.1 Å². The van der Waals surface area contributed by atoms with Crippen LogP contribution in [0.3, 0.4) is 0 Å². The molecule has 2 atom stereocenters. The zero-order valence-corrected chi connectivity index (χ0v) is 10.0. The Morgan fingerprint density at radius 1 is 1.53 bits per heavy atom. The van der Waals surface area contributed by atoms with Crippen LogP contribution in [0.25, 0.3) is 0 Å². The third kappa shape index (κ3) is 4.15. The molecule has 0 radical (unpaired) electrons. The molecule has 90 valence electrons. The minimum Gasteiger partial charge on any atom is -0.383 e. The molecule has 0 spiro atoms. The molecule has 0 rings (SSSR count). The third-order valence-corrected chi connectivity index (χ3v) is 2.59. The summed E-state index contributed by atoms with van der Waals surface area (Å²) in [5.74, 6) is -0.153. The SMILES string of the molecule is CCC(C)(OC)C(=O)NC(CN)COC. The van der Waals surface area contributed by atoms with E-state index < -0.39 is 5.60 Å². The fourth-order valence-corrected chi connectivity index (χ4v) is 1.11. The number of hydrogen-bond donors (Lipinski definition) is 2. The predicted molar refractivity (Wildman–Crippen MR) is 58.6 cm³/mol. The van der Waals surface area contributed by atoms with E-state index in [0.29, 0.717) is 19.6 Å². The van der Waals surface area contributed by atoms with Crippen molar-refractivity contribution < 1.29 is 14.3 Å². The van der Waals surface area contributed by atoms with Crippen molar-refractivity contribution in [3.63, 3.8) is 0 Å². The van der Waals surface area contributed by atoms with E-state index in [0.717, 1.165) is 0 Å². The minimum absolute atomic E-state index is 0.153. The Balaban J connectivity index is 4.31. The monoisotopic (exact) mass is 218 g/mol. The fraction of sp³-hybridized carbons (Fsp3) is 0.900. The molecule has 0 saturated heterocycles. The van der Waals surface area contributed by atoms with Gasteiger partial charge in [0, 0.05) is 20.8 Å². The van der Waals surface area contributed by atoms with E-state index in [1.165, 1.54) is 7.11 Å². The highest BCUT2D eigenvalue weighted by atomic mass is 16.5. The van der Waals surface area contributed by atoms with Crippen molar-refractivity contribution in [3.8, 4) is 0 Å². The molecule has 0 aliphatic heterocycles. The molecule has 0 fully saturated rings. The van der Waals surface area contributed by atoms with Crippen LogP contribution in [0.4, 0.5) is 0 Å². The molecule has 1 amide bonds. The molecule has 0 saturated carbocycles. The van der Waals surface area contributed by atoms with Gasteiger partial charge in [-0.2, -0.15) is 0 Å². The van der Waals surface area contributed by atoms with Gasteiger partial charge in [0.1, 0.15) is 5.60 Å². The Morgan fingerprint density at radius 2 is 2.13 bits per heavy atom. The lowest BCUT2D eigenvalue weighted by Crippen LogP contribution is -2.52. The second kappa shape index (κ2) is 6.76. The predicted octanol–water partition coefficient (Wildman–Crippen LogP) is -0.109. The zero-order chi connectivity index (χ0) is 11.9. The number of methoxy groups -OCH3 is 2. The summed E-state index contributed by atoms with van der Waals surface area (Å²) in [6.45, 7) is 4.41. The van der Waals surface area contributed by atoms with E-state index in [-0.39, 0.29) is 11.9 Å². The van der Waals surface area contributed by atoms with Gasteiger partial charge >= 0.3 is 0 Å². The van der Waals surface area contributed by atoms with E-state index in [1.54, 1.807) is 14.0 Å². The number of amides is 1. The number of hydrogen-bond acceptors (Lipinski definition) is 4. The maximum Gasteiger partial charge on any atom is 0.252 e. The van der Waals surface area contributed by atoms with Crippen molar-refractivity contribution in [2.24, 2.45) is 5.73 Å². The van der Waals surface area contributed by atoms with Gasteiger partial charge in [-0.1, -0.05) is 6.92 Å². The second-order valence-electron chi connectivity index (χ2n) is 3.65. The van der Waals surface area contributed by atoms with Gasteiger partial charge in [-0.3, -0.25) is 4.79 Å². The number of nitrogens with one attached hydrogen (secondary N) is 1. The van der Waals surface area contributed by atoms with Crippen LogP contribution in [0, 0.1) is 0 Å². The van der Waals surface area contributed by atoms with Crippen LogP contribution in [0.5, 0.6) is 0 Å². The second-order valence-corrected chi connectivity index (χ2v) is 3.65. The lowest BCUT2D eigenvalue weighted by Gasteiger charge is -2.27. The maximum absolute atomic E-state index is 11.8. The third-order valence-electron chi connectivity index (χ3n) is 2.59. The number of ether oxygens (including phenoxy) is 2. The lowest BCUT2D eigenvalue weighted by atomic mass is 10.0. The van der Waals surface area contributed by atoms with Gasteiger partial charge in [-0.05, 0) is 13.3 Å². The first-order chi connectivity index (χ1) is 7.03. The fourth-order valence-electron chi connectivity index (χ4n) is 1.11. The average Bonchev–Trinajstić information content (AvgIpc) is 2.27. The molecule has 0 aliphatic carbocycles. The molecule has 5 heteroatoms. The molecule has 0 aromatic rings. The molecule has 0 aromatic carbocycles. The van der Waals surface area contributed by atoms with Crippen LogP contribution in [0.2, 0.25) is 0 Å². The van der Waals surface area contributed by atoms with Gasteiger partial charge in [0.15, 0.2) is 0 Å². The van der Waals surface area contributed by atoms with E-state index in [2.05, 4.69) is 5.32 Å². The van der Waals surface area contributed by atoms with Crippen LogP contribution in [0.1, 0.15) is 20.3 Å².